The zero-order valence-electron chi connectivity index (χ0n) is 11.3. The van der Waals surface area contributed by atoms with Crippen molar-refractivity contribution in [1.82, 2.24) is 4.98 Å². The van der Waals surface area contributed by atoms with Gasteiger partial charge in [-0.05, 0) is 23.6 Å². The topological polar surface area (TPSA) is 71.6 Å². The molecule has 0 saturated heterocycles. The minimum atomic E-state index is -0.245. The van der Waals surface area contributed by atoms with Crippen molar-refractivity contribution in [2.45, 2.75) is 0 Å². The maximum atomic E-state index is 12.6. The molecule has 1 aliphatic heterocycles. The highest BCUT2D eigenvalue weighted by atomic mass is 32.1. The van der Waals surface area contributed by atoms with Crippen molar-refractivity contribution >= 4 is 49.6 Å². The highest BCUT2D eigenvalue weighted by Gasteiger charge is 2.34. The Balaban J connectivity index is 1.83. The number of carbonyl (C=O) groups is 1. The number of hydrazone groups is 1. The van der Waals surface area contributed by atoms with Gasteiger partial charge in [-0.25, -0.2) is 4.98 Å². The van der Waals surface area contributed by atoms with Gasteiger partial charge in [0.15, 0.2) is 0 Å². The van der Waals surface area contributed by atoms with Crippen LogP contribution in [0.15, 0.2) is 58.7 Å². The summed E-state index contributed by atoms with van der Waals surface area (Å²) in [7, 11) is 0. The van der Waals surface area contributed by atoms with Crippen LogP contribution in [0.1, 0.15) is 4.88 Å². The normalized spacial score (nSPS) is 16.7. The number of fused-ring (bicyclic) bond motifs is 1. The molecule has 0 atom stereocenters. The molecule has 0 unspecified atom stereocenters. The molecule has 2 aromatic heterocycles. The minimum Gasteiger partial charge on any atom is -0.404 e. The number of amides is 1. The Hall–Kier alpha value is -2.51. The number of anilines is 1. The van der Waals surface area contributed by atoms with E-state index in [1.165, 1.54) is 33.9 Å². The molecule has 0 spiro atoms. The van der Waals surface area contributed by atoms with E-state index >= 15 is 0 Å². The summed E-state index contributed by atoms with van der Waals surface area (Å²) in [4.78, 5) is 17.9. The Morgan fingerprint density at radius 1 is 1.18 bits per heavy atom. The predicted molar refractivity (Wildman–Crippen MR) is 90.2 cm³/mol. The molecule has 1 aromatic carbocycles. The van der Waals surface area contributed by atoms with Gasteiger partial charge in [-0.15, -0.1) is 11.3 Å². The van der Waals surface area contributed by atoms with Crippen LogP contribution in [0.3, 0.4) is 0 Å². The van der Waals surface area contributed by atoms with Gasteiger partial charge < -0.3 is 5.73 Å². The quantitative estimate of drug-likeness (QED) is 0.736. The average Bonchev–Trinajstić information content (AvgIpc) is 3.24. The first-order chi connectivity index (χ1) is 10.8. The molecule has 3 heterocycles. The Morgan fingerprint density at radius 3 is 2.77 bits per heavy atom. The maximum absolute atomic E-state index is 12.6. The fourth-order valence-corrected chi connectivity index (χ4v) is 3.88. The molecule has 0 saturated carbocycles. The maximum Gasteiger partial charge on any atom is 0.284 e. The van der Waals surface area contributed by atoms with Gasteiger partial charge in [0.25, 0.3) is 5.91 Å². The molecule has 1 aliphatic rings. The summed E-state index contributed by atoms with van der Waals surface area (Å²) in [6, 6.07) is 11.6. The van der Waals surface area contributed by atoms with Crippen LogP contribution in [-0.2, 0) is 4.79 Å². The average molecular weight is 326 g/mol. The van der Waals surface area contributed by atoms with Crippen LogP contribution >= 0.6 is 22.7 Å². The number of benzene rings is 1. The number of carbonyl (C=O) groups excluding carboxylic acids is 1. The van der Waals surface area contributed by atoms with Gasteiger partial charge in [0.1, 0.15) is 5.71 Å². The Labute approximate surface area is 134 Å². The fraction of sp³-hybridized carbons (Fsp3) is 0. The van der Waals surface area contributed by atoms with Crippen molar-refractivity contribution < 1.29 is 4.79 Å². The number of aromatic nitrogens is 1. The zero-order chi connectivity index (χ0) is 15.1. The fourth-order valence-electron chi connectivity index (χ4n) is 2.24. The van der Waals surface area contributed by atoms with Gasteiger partial charge in [0.2, 0.25) is 5.13 Å². The van der Waals surface area contributed by atoms with Crippen molar-refractivity contribution in [3.05, 3.63) is 58.4 Å². The highest BCUT2D eigenvalue weighted by Crippen LogP contribution is 2.33. The Morgan fingerprint density at radius 2 is 2.05 bits per heavy atom. The Bertz CT molecular complexity index is 891. The molecular weight excluding hydrogens is 316 g/mol. The first kappa shape index (κ1) is 13.2. The molecule has 3 aromatic rings. The lowest BCUT2D eigenvalue weighted by Gasteiger charge is -2.05. The number of hydrogen-bond acceptors (Lipinski definition) is 6. The van der Waals surface area contributed by atoms with E-state index in [-0.39, 0.29) is 5.91 Å². The molecule has 0 fully saturated rings. The standard InChI is InChI=1S/C15H10N4OS2/c16-8-9-13(12-6-3-7-21-12)18-19(14(9)20)15-17-10-4-1-2-5-11(10)22-15/h1-8H,16H2. The molecule has 22 heavy (non-hydrogen) atoms. The summed E-state index contributed by atoms with van der Waals surface area (Å²) in [5.41, 5.74) is 7.49. The molecule has 4 rings (SSSR count). The number of nitrogens with two attached hydrogens (primary N) is 1. The second-order valence-corrected chi connectivity index (χ2v) is 6.54. The number of thiazole rings is 1. The van der Waals surface area contributed by atoms with E-state index in [2.05, 4.69) is 10.1 Å². The third-order valence-electron chi connectivity index (χ3n) is 3.26. The smallest absolute Gasteiger partial charge is 0.284 e. The number of thiophene rings is 1. The number of rotatable bonds is 2. The van der Waals surface area contributed by atoms with Crippen molar-refractivity contribution in [2.24, 2.45) is 10.8 Å². The van der Waals surface area contributed by atoms with Gasteiger partial charge in [0.05, 0.1) is 20.7 Å². The molecular formula is C15H10N4OS2. The third-order valence-corrected chi connectivity index (χ3v) is 5.15. The van der Waals surface area contributed by atoms with Crippen LogP contribution in [-0.4, -0.2) is 16.6 Å². The van der Waals surface area contributed by atoms with Crippen molar-refractivity contribution in [1.29, 1.82) is 0 Å². The van der Waals surface area contributed by atoms with Crippen LogP contribution in [0.5, 0.6) is 0 Å². The SMILES string of the molecule is NC=C1C(=O)N(c2nc3ccccc3s2)N=C1c1cccs1. The van der Waals surface area contributed by atoms with Crippen LogP contribution in [0.2, 0.25) is 0 Å². The second-order valence-electron chi connectivity index (χ2n) is 4.59. The third kappa shape index (κ3) is 1.94. The molecule has 2 N–H and O–H groups in total. The highest BCUT2D eigenvalue weighted by molar-refractivity contribution is 7.22. The lowest BCUT2D eigenvalue weighted by atomic mass is 10.1. The lowest BCUT2D eigenvalue weighted by molar-refractivity contribution is -0.114. The van der Waals surface area contributed by atoms with Gasteiger partial charge in [0, 0.05) is 6.20 Å². The van der Waals surface area contributed by atoms with Gasteiger partial charge in [-0.1, -0.05) is 29.5 Å². The molecule has 0 bridgehead atoms. The van der Waals surface area contributed by atoms with E-state index in [4.69, 9.17) is 5.73 Å². The lowest BCUT2D eigenvalue weighted by Crippen LogP contribution is -2.21. The van der Waals surface area contributed by atoms with E-state index < -0.39 is 0 Å². The van der Waals surface area contributed by atoms with Gasteiger partial charge in [-0.2, -0.15) is 10.1 Å². The van der Waals surface area contributed by atoms with Gasteiger partial charge >= 0.3 is 0 Å². The predicted octanol–water partition coefficient (Wildman–Crippen LogP) is 2.95. The zero-order valence-corrected chi connectivity index (χ0v) is 12.9. The van der Waals surface area contributed by atoms with Crippen LogP contribution in [0, 0.1) is 0 Å². The molecule has 5 nitrogen and oxygen atoms in total. The monoisotopic (exact) mass is 326 g/mol. The Kier molecular flexibility index (Phi) is 3.02. The van der Waals surface area contributed by atoms with Crippen molar-refractivity contribution in [3.8, 4) is 0 Å². The summed E-state index contributed by atoms with van der Waals surface area (Å²) in [5, 5.41) is 8.27. The molecule has 108 valence electrons. The molecule has 0 aliphatic carbocycles. The summed E-state index contributed by atoms with van der Waals surface area (Å²) >= 11 is 2.95. The van der Waals surface area contributed by atoms with Gasteiger partial charge in [-0.3, -0.25) is 4.79 Å². The van der Waals surface area contributed by atoms with E-state index in [1.54, 1.807) is 0 Å². The van der Waals surface area contributed by atoms with E-state index in [1.807, 2.05) is 41.8 Å². The van der Waals surface area contributed by atoms with Crippen LogP contribution < -0.4 is 10.7 Å². The van der Waals surface area contributed by atoms with Crippen molar-refractivity contribution in [2.75, 3.05) is 5.01 Å². The van der Waals surface area contributed by atoms with Crippen LogP contribution in [0.4, 0.5) is 5.13 Å². The summed E-state index contributed by atoms with van der Waals surface area (Å²) in [5.74, 6) is -0.245. The number of nitrogens with zero attached hydrogens (tertiary/aromatic N) is 3. The summed E-state index contributed by atoms with van der Waals surface area (Å²) in [6.45, 7) is 0. The molecule has 0 radical (unpaired) electrons. The number of para-hydroxylation sites is 1. The molecule has 1 amide bonds. The van der Waals surface area contributed by atoms with E-state index in [9.17, 15) is 4.79 Å². The van der Waals surface area contributed by atoms with Crippen LogP contribution in [0.25, 0.3) is 10.2 Å². The van der Waals surface area contributed by atoms with E-state index in [0.29, 0.717) is 16.4 Å². The van der Waals surface area contributed by atoms with E-state index in [0.717, 1.165) is 15.1 Å². The molecule has 7 heteroatoms. The summed E-state index contributed by atoms with van der Waals surface area (Å²) in [6.07, 6.45) is 1.31. The first-order valence-electron chi connectivity index (χ1n) is 6.52. The summed E-state index contributed by atoms with van der Waals surface area (Å²) < 4.78 is 1.02. The second kappa shape index (κ2) is 5.04. The first-order valence-corrected chi connectivity index (χ1v) is 8.22. The van der Waals surface area contributed by atoms with Crippen molar-refractivity contribution in [3.63, 3.8) is 0 Å². The minimum absolute atomic E-state index is 0.245. The number of hydrogen-bond donors (Lipinski definition) is 1. The largest absolute Gasteiger partial charge is 0.404 e.